The molecule has 1 spiro atoms. The van der Waals surface area contributed by atoms with Crippen LogP contribution in [-0.2, 0) is 16.6 Å². The molecule has 2 N–H and O–H groups in total. The van der Waals surface area contributed by atoms with Gasteiger partial charge in [-0.05, 0) is 49.8 Å². The number of ether oxygens (including phenoxy) is 2. The second-order valence-corrected chi connectivity index (χ2v) is 7.72. The fourth-order valence-electron chi connectivity index (χ4n) is 6.02. The molecule has 2 aliphatic heterocycles. The second kappa shape index (κ2) is 4.88. The van der Waals surface area contributed by atoms with Gasteiger partial charge in [-0.25, -0.2) is 0 Å². The van der Waals surface area contributed by atoms with E-state index in [0.29, 0.717) is 12.0 Å². The molecule has 2 fully saturated rings. The van der Waals surface area contributed by atoms with Gasteiger partial charge in [0.15, 0.2) is 11.5 Å². The summed E-state index contributed by atoms with van der Waals surface area (Å²) < 4.78 is 12.1. The fraction of sp³-hybridized carbons (Fsp3) is 0.632. The molecule has 5 heteroatoms. The molecular formula is C19H24N2O3. The minimum absolute atomic E-state index is 0.0232. The molecule has 0 radical (unpaired) electrons. The average Bonchev–Trinajstić information content (AvgIpc) is 2.89. The van der Waals surface area contributed by atoms with Crippen LogP contribution in [0.25, 0.3) is 0 Å². The summed E-state index contributed by atoms with van der Waals surface area (Å²) in [5, 5.41) is 6.90. The number of piperidine rings is 1. The van der Waals surface area contributed by atoms with E-state index in [-0.39, 0.29) is 23.5 Å². The number of methoxy groups -OCH3 is 1. The van der Waals surface area contributed by atoms with Crippen LogP contribution < -0.4 is 20.1 Å². The Bertz CT molecular complexity index is 719. The highest BCUT2D eigenvalue weighted by atomic mass is 16.5. The predicted molar refractivity (Wildman–Crippen MR) is 89.5 cm³/mol. The van der Waals surface area contributed by atoms with Crippen LogP contribution in [0.2, 0.25) is 0 Å². The van der Waals surface area contributed by atoms with E-state index in [4.69, 9.17) is 9.47 Å². The summed E-state index contributed by atoms with van der Waals surface area (Å²) in [6.45, 7) is 2.62. The monoisotopic (exact) mass is 328 g/mol. The van der Waals surface area contributed by atoms with E-state index in [1.165, 1.54) is 11.1 Å². The van der Waals surface area contributed by atoms with Gasteiger partial charge in [-0.1, -0.05) is 6.07 Å². The Morgan fingerprint density at radius 3 is 3.08 bits per heavy atom. The van der Waals surface area contributed by atoms with Crippen LogP contribution in [0, 0.1) is 5.92 Å². The third-order valence-corrected chi connectivity index (χ3v) is 6.72. The molecule has 2 aliphatic carbocycles. The molecule has 1 aromatic carbocycles. The van der Waals surface area contributed by atoms with Crippen LogP contribution in [0.4, 0.5) is 0 Å². The largest absolute Gasteiger partial charge is 0.493 e. The van der Waals surface area contributed by atoms with Crippen molar-refractivity contribution in [2.45, 2.75) is 56.2 Å². The highest BCUT2D eigenvalue weighted by Gasteiger charge is 2.64. The van der Waals surface area contributed by atoms with E-state index in [1.54, 1.807) is 14.0 Å². The molecule has 2 bridgehead atoms. The van der Waals surface area contributed by atoms with Crippen molar-refractivity contribution < 1.29 is 14.3 Å². The summed E-state index contributed by atoms with van der Waals surface area (Å²) in [6, 6.07) is 4.85. The molecule has 1 saturated heterocycles. The summed E-state index contributed by atoms with van der Waals surface area (Å²) in [7, 11) is 1.71. The third-order valence-electron chi connectivity index (χ3n) is 6.72. The first-order chi connectivity index (χ1) is 11.6. The van der Waals surface area contributed by atoms with Crippen molar-refractivity contribution in [3.8, 4) is 11.5 Å². The lowest BCUT2D eigenvalue weighted by molar-refractivity contribution is -0.121. The van der Waals surface area contributed by atoms with Crippen molar-refractivity contribution in [2.75, 3.05) is 13.7 Å². The molecule has 0 aromatic heterocycles. The van der Waals surface area contributed by atoms with Crippen LogP contribution in [0.3, 0.4) is 0 Å². The highest BCUT2D eigenvalue weighted by molar-refractivity contribution is 5.73. The van der Waals surface area contributed by atoms with E-state index >= 15 is 0 Å². The van der Waals surface area contributed by atoms with Crippen LogP contribution in [0.15, 0.2) is 12.1 Å². The zero-order chi connectivity index (χ0) is 16.5. The van der Waals surface area contributed by atoms with E-state index < -0.39 is 0 Å². The summed E-state index contributed by atoms with van der Waals surface area (Å²) in [5.74, 6) is 2.38. The standard InChI is InChI=1S/C19H24N2O3/c1-10(22)21-13-5-4-12-14-9-11-3-6-15(23-2)17-16(11)19(12,7-8-20-14)18(13)24-17/h3,6,12-14,18,20H,4-5,7-9H2,1-2H3,(H,21,22)/t12?,13-,14?,18-,19?/m0/s1. The van der Waals surface area contributed by atoms with Crippen molar-refractivity contribution in [2.24, 2.45) is 5.92 Å². The van der Waals surface area contributed by atoms with Crippen LogP contribution in [0.1, 0.15) is 37.3 Å². The average molecular weight is 328 g/mol. The number of amides is 1. The Labute approximate surface area is 142 Å². The van der Waals surface area contributed by atoms with Gasteiger partial charge in [0.25, 0.3) is 0 Å². The Kier molecular flexibility index (Phi) is 2.97. The van der Waals surface area contributed by atoms with Gasteiger partial charge in [-0.3, -0.25) is 4.79 Å². The van der Waals surface area contributed by atoms with Gasteiger partial charge in [-0.2, -0.15) is 0 Å². The molecular weight excluding hydrogens is 304 g/mol. The third kappa shape index (κ3) is 1.66. The summed E-state index contributed by atoms with van der Waals surface area (Å²) in [5.41, 5.74) is 2.80. The van der Waals surface area contributed by atoms with Gasteiger partial charge in [0.1, 0.15) is 6.10 Å². The maximum absolute atomic E-state index is 11.7. The minimum Gasteiger partial charge on any atom is -0.493 e. The molecule has 4 aliphatic rings. The van der Waals surface area contributed by atoms with E-state index in [9.17, 15) is 4.79 Å². The number of carbonyl (C=O) groups excluding carboxylic acids is 1. The van der Waals surface area contributed by atoms with Crippen molar-refractivity contribution in [1.82, 2.24) is 10.6 Å². The highest BCUT2D eigenvalue weighted by Crippen LogP contribution is 2.62. The molecule has 5 rings (SSSR count). The van der Waals surface area contributed by atoms with E-state index in [1.807, 2.05) is 6.07 Å². The Morgan fingerprint density at radius 2 is 2.29 bits per heavy atom. The zero-order valence-corrected chi connectivity index (χ0v) is 14.2. The van der Waals surface area contributed by atoms with Crippen molar-refractivity contribution in [3.63, 3.8) is 0 Å². The summed E-state index contributed by atoms with van der Waals surface area (Å²) >= 11 is 0. The van der Waals surface area contributed by atoms with Crippen LogP contribution in [-0.4, -0.2) is 37.7 Å². The van der Waals surface area contributed by atoms with Crippen LogP contribution >= 0.6 is 0 Å². The lowest BCUT2D eigenvalue weighted by Gasteiger charge is -2.56. The summed E-state index contributed by atoms with van der Waals surface area (Å²) in [6.07, 6.45) is 4.29. The van der Waals surface area contributed by atoms with Crippen molar-refractivity contribution in [1.29, 1.82) is 0 Å². The van der Waals surface area contributed by atoms with Gasteiger partial charge < -0.3 is 20.1 Å². The maximum atomic E-state index is 11.7. The lowest BCUT2D eigenvalue weighted by atomic mass is 9.51. The van der Waals surface area contributed by atoms with Crippen LogP contribution in [0.5, 0.6) is 11.5 Å². The first-order valence-electron chi connectivity index (χ1n) is 9.02. The number of rotatable bonds is 2. The number of nitrogens with one attached hydrogen (secondary N) is 2. The minimum atomic E-state index is 0.0232. The van der Waals surface area contributed by atoms with E-state index in [0.717, 1.165) is 43.7 Å². The smallest absolute Gasteiger partial charge is 0.217 e. The van der Waals surface area contributed by atoms with Crippen molar-refractivity contribution in [3.05, 3.63) is 23.3 Å². The molecule has 1 amide bonds. The quantitative estimate of drug-likeness (QED) is 0.864. The Balaban J connectivity index is 1.71. The second-order valence-electron chi connectivity index (χ2n) is 7.72. The van der Waals surface area contributed by atoms with Gasteiger partial charge >= 0.3 is 0 Å². The molecule has 5 atom stereocenters. The number of hydrogen-bond donors (Lipinski definition) is 2. The van der Waals surface area contributed by atoms with Gasteiger partial charge in [-0.15, -0.1) is 0 Å². The Morgan fingerprint density at radius 1 is 1.42 bits per heavy atom. The fourth-order valence-corrected chi connectivity index (χ4v) is 6.02. The molecule has 1 saturated carbocycles. The van der Waals surface area contributed by atoms with Crippen molar-refractivity contribution >= 4 is 5.91 Å². The summed E-state index contributed by atoms with van der Waals surface area (Å²) in [4.78, 5) is 11.7. The van der Waals surface area contributed by atoms with Gasteiger partial charge in [0, 0.05) is 23.9 Å². The van der Waals surface area contributed by atoms with Gasteiger partial charge in [0.05, 0.1) is 13.2 Å². The number of benzene rings is 1. The Hall–Kier alpha value is -1.75. The van der Waals surface area contributed by atoms with E-state index in [2.05, 4.69) is 16.7 Å². The molecule has 1 aromatic rings. The predicted octanol–water partition coefficient (Wildman–Crippen LogP) is 1.53. The topological polar surface area (TPSA) is 59.6 Å². The SMILES string of the molecule is COc1ccc2c3c1O[C@H]1[C@@H](NC(C)=O)CCC4C(C2)NCCC341. The molecule has 128 valence electrons. The first-order valence-corrected chi connectivity index (χ1v) is 9.02. The first kappa shape index (κ1) is 14.6. The normalized spacial score (nSPS) is 38.1. The molecule has 5 nitrogen and oxygen atoms in total. The molecule has 3 unspecified atom stereocenters. The van der Waals surface area contributed by atoms with Gasteiger partial charge in [0.2, 0.25) is 5.91 Å². The molecule has 24 heavy (non-hydrogen) atoms. The lowest BCUT2D eigenvalue weighted by Crippen LogP contribution is -2.68. The zero-order valence-electron chi connectivity index (χ0n) is 14.2. The maximum Gasteiger partial charge on any atom is 0.217 e. The number of carbonyl (C=O) groups is 1. The number of hydrogen-bond acceptors (Lipinski definition) is 4. The molecule has 2 heterocycles.